The van der Waals surface area contributed by atoms with E-state index in [1.165, 1.54) is 6.07 Å². The summed E-state index contributed by atoms with van der Waals surface area (Å²) in [7, 11) is 0. The summed E-state index contributed by atoms with van der Waals surface area (Å²) in [6, 6.07) is 12.1. The lowest BCUT2D eigenvalue weighted by molar-refractivity contribution is -0.162. The molecular formula is C26H25F3N4O3. The molecule has 4 rings (SSSR count). The Hall–Kier alpha value is -3.82. The van der Waals surface area contributed by atoms with Crippen molar-refractivity contribution in [2.45, 2.75) is 45.7 Å². The summed E-state index contributed by atoms with van der Waals surface area (Å²) in [6.07, 6.45) is -4.75. The van der Waals surface area contributed by atoms with Crippen LogP contribution in [0.4, 0.5) is 24.7 Å². The molecular weight excluding hydrogens is 473 g/mol. The number of hydrogen-bond acceptors (Lipinski definition) is 7. The van der Waals surface area contributed by atoms with E-state index in [9.17, 15) is 22.8 Å². The maximum atomic E-state index is 13.4. The van der Waals surface area contributed by atoms with Crippen LogP contribution in [0.25, 0.3) is 11.3 Å². The number of nitrogens with zero attached hydrogens (tertiary/aromatic N) is 3. The molecule has 2 aromatic heterocycles. The summed E-state index contributed by atoms with van der Waals surface area (Å²) in [6.45, 7) is 3.49. The van der Waals surface area contributed by atoms with Crippen LogP contribution >= 0.6 is 0 Å². The molecule has 0 saturated carbocycles. The van der Waals surface area contributed by atoms with Crippen molar-refractivity contribution >= 4 is 23.3 Å². The molecule has 0 spiro atoms. The number of carbonyl (C=O) groups excluding carboxylic acids is 2. The smallest absolute Gasteiger partial charge is 0.390 e. The number of alkyl halides is 3. The highest BCUT2D eigenvalue weighted by atomic mass is 19.4. The predicted molar refractivity (Wildman–Crippen MR) is 127 cm³/mol. The van der Waals surface area contributed by atoms with Crippen LogP contribution in [-0.2, 0) is 16.0 Å². The Morgan fingerprint density at radius 3 is 2.58 bits per heavy atom. The Morgan fingerprint density at radius 2 is 1.94 bits per heavy atom. The molecule has 0 bridgehead atoms. The van der Waals surface area contributed by atoms with Gasteiger partial charge in [0.05, 0.1) is 42.4 Å². The molecule has 188 valence electrons. The number of carbonyl (C=O) groups is 2. The van der Waals surface area contributed by atoms with Crippen LogP contribution in [0.2, 0.25) is 0 Å². The van der Waals surface area contributed by atoms with Crippen molar-refractivity contribution < 1.29 is 27.5 Å². The third kappa shape index (κ3) is 5.69. The van der Waals surface area contributed by atoms with Crippen molar-refractivity contribution in [3.8, 4) is 11.3 Å². The standard InChI is InChI=1S/C26H25F3N4O3/c1-3-36-23(34)13-25(15-26(27,28)29)11-10-17-12-18(5-7-20(17)24(25)35)21-8-9-22(33-32-21)31-19-6-4-16(2)30-14-19/h4-9,12,14H,3,10-11,13,15H2,1-2H3,(H,31,33). The number of ether oxygens (including phenoxy) is 1. The van der Waals surface area contributed by atoms with E-state index in [2.05, 4.69) is 20.5 Å². The minimum atomic E-state index is -4.60. The Morgan fingerprint density at radius 1 is 1.14 bits per heavy atom. The number of anilines is 2. The van der Waals surface area contributed by atoms with Crippen LogP contribution < -0.4 is 5.32 Å². The molecule has 7 nitrogen and oxygen atoms in total. The normalized spacial score (nSPS) is 17.4. The zero-order valence-corrected chi connectivity index (χ0v) is 19.9. The fourth-order valence-electron chi connectivity index (χ4n) is 4.47. The van der Waals surface area contributed by atoms with Gasteiger partial charge in [0.25, 0.3) is 0 Å². The summed E-state index contributed by atoms with van der Waals surface area (Å²) < 4.78 is 45.1. The Bertz CT molecular complexity index is 1260. The van der Waals surface area contributed by atoms with E-state index >= 15 is 0 Å². The molecule has 36 heavy (non-hydrogen) atoms. The molecule has 1 aliphatic carbocycles. The first kappa shape index (κ1) is 25.3. The van der Waals surface area contributed by atoms with Crippen LogP contribution in [0.3, 0.4) is 0 Å². The number of pyridine rings is 1. The Kier molecular flexibility index (Phi) is 7.05. The third-order valence-electron chi connectivity index (χ3n) is 6.18. The largest absolute Gasteiger partial charge is 0.466 e. The van der Waals surface area contributed by atoms with Gasteiger partial charge < -0.3 is 10.1 Å². The monoisotopic (exact) mass is 498 g/mol. The van der Waals surface area contributed by atoms with Gasteiger partial charge in [-0.25, -0.2) is 0 Å². The van der Waals surface area contributed by atoms with Gasteiger partial charge in [0.15, 0.2) is 11.6 Å². The van der Waals surface area contributed by atoms with Crippen molar-refractivity contribution in [2.75, 3.05) is 11.9 Å². The quantitative estimate of drug-likeness (QED) is 0.423. The van der Waals surface area contributed by atoms with Gasteiger partial charge in [-0.05, 0) is 62.6 Å². The number of aryl methyl sites for hydroxylation is 2. The van der Waals surface area contributed by atoms with Crippen LogP contribution in [0.5, 0.6) is 0 Å². The number of ketones is 1. The summed E-state index contributed by atoms with van der Waals surface area (Å²) in [5.41, 5.74) is 1.84. The second-order valence-corrected chi connectivity index (χ2v) is 8.87. The molecule has 0 amide bonds. The van der Waals surface area contributed by atoms with E-state index in [0.29, 0.717) is 22.6 Å². The fourth-order valence-corrected chi connectivity index (χ4v) is 4.47. The number of benzene rings is 1. The van der Waals surface area contributed by atoms with Gasteiger partial charge in [0, 0.05) is 16.8 Å². The van der Waals surface area contributed by atoms with Crippen LogP contribution in [-0.4, -0.2) is 39.7 Å². The molecule has 1 unspecified atom stereocenters. The molecule has 1 aliphatic rings. The molecule has 10 heteroatoms. The zero-order chi connectivity index (χ0) is 25.9. The van der Waals surface area contributed by atoms with Crippen LogP contribution in [0, 0.1) is 12.3 Å². The number of rotatable bonds is 7. The van der Waals surface area contributed by atoms with Crippen molar-refractivity contribution in [3.63, 3.8) is 0 Å². The average Bonchev–Trinajstić information content (AvgIpc) is 2.82. The zero-order valence-electron chi connectivity index (χ0n) is 19.9. The number of aromatic nitrogens is 3. The molecule has 1 N–H and O–H groups in total. The van der Waals surface area contributed by atoms with Crippen LogP contribution in [0.15, 0.2) is 48.7 Å². The van der Waals surface area contributed by atoms with Gasteiger partial charge in [-0.3, -0.25) is 14.6 Å². The maximum absolute atomic E-state index is 13.4. The highest BCUT2D eigenvalue weighted by Gasteiger charge is 2.51. The van der Waals surface area contributed by atoms with Gasteiger partial charge in [0.2, 0.25) is 0 Å². The number of halogens is 3. The summed E-state index contributed by atoms with van der Waals surface area (Å²) in [5.74, 6) is -0.966. The van der Waals surface area contributed by atoms with Gasteiger partial charge in [-0.2, -0.15) is 13.2 Å². The molecule has 0 radical (unpaired) electrons. The van der Waals surface area contributed by atoms with Crippen molar-refractivity contribution in [3.05, 3.63) is 65.5 Å². The van der Waals surface area contributed by atoms with E-state index in [1.54, 1.807) is 37.4 Å². The first-order chi connectivity index (χ1) is 17.1. The first-order valence-corrected chi connectivity index (χ1v) is 11.5. The lowest BCUT2D eigenvalue weighted by Crippen LogP contribution is -2.42. The number of Topliss-reactive ketones (excluding diaryl/α,β-unsaturated/α-hetero) is 1. The molecule has 2 heterocycles. The lowest BCUT2D eigenvalue weighted by atomic mass is 9.66. The highest BCUT2D eigenvalue weighted by Crippen LogP contribution is 2.46. The van der Waals surface area contributed by atoms with Gasteiger partial charge in [0.1, 0.15) is 0 Å². The number of nitrogens with one attached hydrogen (secondary N) is 1. The SMILES string of the molecule is CCOC(=O)CC1(CC(F)(F)F)CCc2cc(-c3ccc(Nc4ccc(C)nc4)nn3)ccc2C1=O. The number of hydrogen-bond donors (Lipinski definition) is 1. The number of esters is 1. The summed E-state index contributed by atoms with van der Waals surface area (Å²) >= 11 is 0. The lowest BCUT2D eigenvalue weighted by Gasteiger charge is -2.36. The predicted octanol–water partition coefficient (Wildman–Crippen LogP) is 5.61. The topological polar surface area (TPSA) is 94.1 Å². The summed E-state index contributed by atoms with van der Waals surface area (Å²) in [5, 5.41) is 11.5. The highest BCUT2D eigenvalue weighted by molar-refractivity contribution is 6.04. The molecule has 0 fully saturated rings. The fraction of sp³-hybridized carbons (Fsp3) is 0.346. The molecule has 0 aliphatic heterocycles. The van der Waals surface area contributed by atoms with E-state index in [0.717, 1.165) is 11.4 Å². The Labute approximate surface area is 206 Å². The second-order valence-electron chi connectivity index (χ2n) is 8.87. The van der Waals surface area contributed by atoms with Crippen molar-refractivity contribution in [2.24, 2.45) is 5.41 Å². The van der Waals surface area contributed by atoms with E-state index in [1.807, 2.05) is 19.1 Å². The van der Waals surface area contributed by atoms with E-state index in [4.69, 9.17) is 4.74 Å². The molecule has 0 saturated heterocycles. The number of fused-ring (bicyclic) bond motifs is 1. The van der Waals surface area contributed by atoms with Gasteiger partial charge in [-0.1, -0.05) is 12.1 Å². The average molecular weight is 499 g/mol. The van der Waals surface area contributed by atoms with Crippen molar-refractivity contribution in [1.29, 1.82) is 0 Å². The summed E-state index contributed by atoms with van der Waals surface area (Å²) in [4.78, 5) is 29.6. The minimum Gasteiger partial charge on any atom is -0.466 e. The van der Waals surface area contributed by atoms with Gasteiger partial charge >= 0.3 is 12.1 Å². The van der Waals surface area contributed by atoms with E-state index < -0.39 is 36.2 Å². The van der Waals surface area contributed by atoms with Crippen LogP contribution in [0.1, 0.15) is 47.8 Å². The second kappa shape index (κ2) is 10.0. The van der Waals surface area contributed by atoms with Gasteiger partial charge in [-0.15, -0.1) is 10.2 Å². The molecule has 1 atom stereocenters. The first-order valence-electron chi connectivity index (χ1n) is 11.5. The maximum Gasteiger partial charge on any atom is 0.390 e. The van der Waals surface area contributed by atoms with E-state index in [-0.39, 0.29) is 25.0 Å². The third-order valence-corrected chi connectivity index (χ3v) is 6.18. The van der Waals surface area contributed by atoms with Crippen molar-refractivity contribution in [1.82, 2.24) is 15.2 Å². The minimum absolute atomic E-state index is 0.0340. The Balaban J connectivity index is 1.56. The molecule has 1 aromatic carbocycles. The molecule has 3 aromatic rings.